The van der Waals surface area contributed by atoms with Crippen LogP contribution < -0.4 is 5.32 Å². The average molecular weight is 294 g/mol. The van der Waals surface area contributed by atoms with Gasteiger partial charge in [-0.2, -0.15) is 0 Å². The summed E-state index contributed by atoms with van der Waals surface area (Å²) in [5.41, 5.74) is 0. The Balaban J connectivity index is 1.98. The zero-order valence-corrected chi connectivity index (χ0v) is 14.3. The molecule has 1 heterocycles. The van der Waals surface area contributed by atoms with E-state index in [1.807, 2.05) is 11.3 Å². The molecule has 0 saturated heterocycles. The van der Waals surface area contributed by atoms with Crippen molar-refractivity contribution in [1.29, 1.82) is 0 Å². The molecular weight excluding hydrogens is 262 g/mol. The summed E-state index contributed by atoms with van der Waals surface area (Å²) in [4.78, 5) is 3.11. The standard InChI is InChI=1S/C18H31NS/c1-4-14-8-7-9-15(12-14)18(19-6-3)13-17-11-10-16(5-2)20-17/h10-11,14-15,18-19H,4-9,12-13H2,1-3H3. The molecule has 1 aliphatic carbocycles. The molecule has 0 radical (unpaired) electrons. The molecule has 0 aliphatic heterocycles. The van der Waals surface area contributed by atoms with Crippen LogP contribution in [-0.4, -0.2) is 12.6 Å². The van der Waals surface area contributed by atoms with E-state index in [1.165, 1.54) is 49.8 Å². The summed E-state index contributed by atoms with van der Waals surface area (Å²) < 4.78 is 0. The van der Waals surface area contributed by atoms with Crippen molar-refractivity contribution in [3.8, 4) is 0 Å². The summed E-state index contributed by atoms with van der Waals surface area (Å²) in [6.07, 6.45) is 9.56. The van der Waals surface area contributed by atoms with Crippen LogP contribution in [0, 0.1) is 11.8 Å². The zero-order valence-electron chi connectivity index (χ0n) is 13.5. The third-order valence-corrected chi connectivity index (χ3v) is 6.17. The molecule has 1 aliphatic rings. The lowest BCUT2D eigenvalue weighted by Gasteiger charge is -2.34. The number of hydrogen-bond acceptors (Lipinski definition) is 2. The van der Waals surface area contributed by atoms with E-state index >= 15 is 0 Å². The van der Waals surface area contributed by atoms with Gasteiger partial charge >= 0.3 is 0 Å². The normalized spacial score (nSPS) is 24.8. The first-order valence-corrected chi connectivity index (χ1v) is 9.39. The molecule has 114 valence electrons. The van der Waals surface area contributed by atoms with Crippen molar-refractivity contribution >= 4 is 11.3 Å². The van der Waals surface area contributed by atoms with Gasteiger partial charge in [0, 0.05) is 15.8 Å². The summed E-state index contributed by atoms with van der Waals surface area (Å²) in [6.45, 7) is 7.97. The van der Waals surface area contributed by atoms with E-state index in [9.17, 15) is 0 Å². The Kier molecular flexibility index (Phi) is 6.57. The van der Waals surface area contributed by atoms with E-state index in [0.717, 1.165) is 18.4 Å². The predicted molar refractivity (Wildman–Crippen MR) is 90.6 cm³/mol. The molecule has 2 heteroatoms. The Morgan fingerprint density at radius 2 is 2.00 bits per heavy atom. The summed E-state index contributed by atoms with van der Waals surface area (Å²) in [5, 5.41) is 3.78. The fourth-order valence-corrected chi connectivity index (χ4v) is 4.69. The van der Waals surface area contributed by atoms with Gasteiger partial charge in [0.25, 0.3) is 0 Å². The second-order valence-corrected chi connectivity index (χ2v) is 7.54. The summed E-state index contributed by atoms with van der Waals surface area (Å²) >= 11 is 2.02. The molecule has 0 bridgehead atoms. The summed E-state index contributed by atoms with van der Waals surface area (Å²) in [7, 11) is 0. The number of aryl methyl sites for hydroxylation is 1. The Hall–Kier alpha value is -0.340. The fraction of sp³-hybridized carbons (Fsp3) is 0.778. The minimum absolute atomic E-state index is 0.692. The van der Waals surface area contributed by atoms with Crippen LogP contribution in [0.4, 0.5) is 0 Å². The minimum atomic E-state index is 0.692. The van der Waals surface area contributed by atoms with Gasteiger partial charge in [-0.3, -0.25) is 0 Å². The van der Waals surface area contributed by atoms with Crippen LogP contribution in [0.5, 0.6) is 0 Å². The van der Waals surface area contributed by atoms with Crippen LogP contribution in [-0.2, 0) is 12.8 Å². The minimum Gasteiger partial charge on any atom is -0.314 e. The van der Waals surface area contributed by atoms with Crippen LogP contribution in [0.1, 0.15) is 62.6 Å². The highest BCUT2D eigenvalue weighted by molar-refractivity contribution is 7.11. The second kappa shape index (κ2) is 8.19. The van der Waals surface area contributed by atoms with Crippen LogP contribution in [0.2, 0.25) is 0 Å². The van der Waals surface area contributed by atoms with Crippen molar-refractivity contribution in [3.63, 3.8) is 0 Å². The van der Waals surface area contributed by atoms with Gasteiger partial charge in [0.1, 0.15) is 0 Å². The molecule has 1 fully saturated rings. The van der Waals surface area contributed by atoms with Crippen molar-refractivity contribution in [2.24, 2.45) is 11.8 Å². The number of nitrogens with one attached hydrogen (secondary N) is 1. The lowest BCUT2D eigenvalue weighted by atomic mass is 9.76. The molecule has 0 amide bonds. The van der Waals surface area contributed by atoms with Crippen LogP contribution in [0.15, 0.2) is 12.1 Å². The van der Waals surface area contributed by atoms with Gasteiger partial charge in [-0.1, -0.05) is 40.0 Å². The largest absolute Gasteiger partial charge is 0.314 e. The molecule has 0 spiro atoms. The quantitative estimate of drug-likeness (QED) is 0.742. The number of rotatable bonds is 7. The van der Waals surface area contributed by atoms with Crippen molar-refractivity contribution in [2.45, 2.75) is 71.8 Å². The lowest BCUT2D eigenvalue weighted by molar-refractivity contribution is 0.209. The monoisotopic (exact) mass is 293 g/mol. The molecule has 1 N–H and O–H groups in total. The van der Waals surface area contributed by atoms with E-state index in [1.54, 1.807) is 4.88 Å². The maximum Gasteiger partial charge on any atom is 0.0144 e. The Morgan fingerprint density at radius 3 is 2.65 bits per heavy atom. The summed E-state index contributed by atoms with van der Waals surface area (Å²) in [6, 6.07) is 5.37. The second-order valence-electron chi connectivity index (χ2n) is 6.29. The molecule has 0 aromatic carbocycles. The van der Waals surface area contributed by atoms with E-state index in [4.69, 9.17) is 0 Å². The maximum atomic E-state index is 3.78. The van der Waals surface area contributed by atoms with Gasteiger partial charge < -0.3 is 5.32 Å². The molecule has 3 atom stereocenters. The smallest absolute Gasteiger partial charge is 0.0144 e. The van der Waals surface area contributed by atoms with Gasteiger partial charge in [0.05, 0.1) is 0 Å². The number of hydrogen-bond donors (Lipinski definition) is 1. The molecule has 1 saturated carbocycles. The molecule has 3 unspecified atom stereocenters. The highest BCUT2D eigenvalue weighted by atomic mass is 32.1. The van der Waals surface area contributed by atoms with Crippen LogP contribution in [0.25, 0.3) is 0 Å². The molecule has 20 heavy (non-hydrogen) atoms. The number of thiophene rings is 1. The van der Waals surface area contributed by atoms with Crippen LogP contribution in [0.3, 0.4) is 0 Å². The van der Waals surface area contributed by atoms with E-state index < -0.39 is 0 Å². The predicted octanol–water partition coefficient (Wildman–Crippen LogP) is 5.05. The maximum absolute atomic E-state index is 3.78. The van der Waals surface area contributed by atoms with Crippen molar-refractivity contribution in [2.75, 3.05) is 6.54 Å². The van der Waals surface area contributed by atoms with E-state index in [-0.39, 0.29) is 0 Å². The van der Waals surface area contributed by atoms with Gasteiger partial charge in [-0.15, -0.1) is 11.3 Å². The first-order chi connectivity index (χ1) is 9.76. The Morgan fingerprint density at radius 1 is 1.20 bits per heavy atom. The van der Waals surface area contributed by atoms with Crippen molar-refractivity contribution in [3.05, 3.63) is 21.9 Å². The fourth-order valence-electron chi connectivity index (χ4n) is 3.68. The SMILES string of the molecule is CCNC(Cc1ccc(CC)s1)C1CCCC(CC)C1. The average Bonchev–Trinajstić information content (AvgIpc) is 2.94. The molecule has 1 aromatic heterocycles. The first-order valence-electron chi connectivity index (χ1n) is 8.57. The van der Waals surface area contributed by atoms with Gasteiger partial charge in [-0.05, 0) is 56.2 Å². The first kappa shape index (κ1) is 16.0. The van der Waals surface area contributed by atoms with Crippen molar-refractivity contribution < 1.29 is 0 Å². The highest BCUT2D eigenvalue weighted by Gasteiger charge is 2.27. The topological polar surface area (TPSA) is 12.0 Å². The molecule has 2 rings (SSSR count). The molecular formula is C18H31NS. The molecule has 1 nitrogen and oxygen atoms in total. The van der Waals surface area contributed by atoms with Gasteiger partial charge in [0.2, 0.25) is 0 Å². The van der Waals surface area contributed by atoms with E-state index in [2.05, 4.69) is 38.2 Å². The van der Waals surface area contributed by atoms with Gasteiger partial charge in [-0.25, -0.2) is 0 Å². The van der Waals surface area contributed by atoms with Crippen molar-refractivity contribution in [1.82, 2.24) is 5.32 Å². The molecule has 1 aromatic rings. The Labute approximate surface area is 129 Å². The Bertz CT molecular complexity index is 385. The highest BCUT2D eigenvalue weighted by Crippen LogP contribution is 2.34. The van der Waals surface area contributed by atoms with E-state index in [0.29, 0.717) is 6.04 Å². The summed E-state index contributed by atoms with van der Waals surface area (Å²) in [5.74, 6) is 1.87. The van der Waals surface area contributed by atoms with Crippen LogP contribution >= 0.6 is 11.3 Å². The lowest BCUT2D eigenvalue weighted by Crippen LogP contribution is -2.40. The third-order valence-electron chi connectivity index (χ3n) is 4.92. The number of likely N-dealkylation sites (N-methyl/N-ethyl adjacent to an activating group) is 1. The third kappa shape index (κ3) is 4.33. The van der Waals surface area contributed by atoms with Gasteiger partial charge in [0.15, 0.2) is 0 Å². The zero-order chi connectivity index (χ0) is 14.4.